The number of nitrogens with one attached hydrogen (secondary N) is 1. The summed E-state index contributed by atoms with van der Waals surface area (Å²) in [6, 6.07) is -0.848. The molecule has 8 heteroatoms. The van der Waals surface area contributed by atoms with Crippen molar-refractivity contribution in [3.63, 3.8) is 0 Å². The number of amides is 2. The molecule has 0 aromatic carbocycles. The maximum Gasteiger partial charge on any atom is 0.312 e. The third kappa shape index (κ3) is 3.81. The summed E-state index contributed by atoms with van der Waals surface area (Å²) >= 11 is 0. The maximum atomic E-state index is 11.1. The summed E-state index contributed by atoms with van der Waals surface area (Å²) in [6.45, 7) is 5.96. The molecule has 0 radical (unpaired) electrons. The second-order valence-corrected chi connectivity index (χ2v) is 6.35. The van der Waals surface area contributed by atoms with Gasteiger partial charge in [0.15, 0.2) is 5.65 Å². The zero-order valence-electron chi connectivity index (χ0n) is 14.1. The first-order valence-electron chi connectivity index (χ1n) is 8.60. The molecule has 0 saturated carbocycles. The molecule has 8 nitrogen and oxygen atoms in total. The Bertz CT molecular complexity index is 691. The molecule has 130 valence electrons. The first-order chi connectivity index (χ1) is 11.6. The van der Waals surface area contributed by atoms with Crippen molar-refractivity contribution in [2.24, 2.45) is 5.73 Å². The average Bonchev–Trinajstić information content (AvgIpc) is 2.79. The van der Waals surface area contributed by atoms with Crippen molar-refractivity contribution in [3.05, 3.63) is 18.2 Å². The molecule has 1 aliphatic heterocycles. The van der Waals surface area contributed by atoms with Crippen LogP contribution in [0.15, 0.2) is 12.5 Å². The highest BCUT2D eigenvalue weighted by molar-refractivity contribution is 5.79. The van der Waals surface area contributed by atoms with Gasteiger partial charge in [0.25, 0.3) is 0 Å². The van der Waals surface area contributed by atoms with Crippen LogP contribution in [-0.4, -0.2) is 50.3 Å². The Hall–Kier alpha value is -2.22. The van der Waals surface area contributed by atoms with Crippen LogP contribution in [0.2, 0.25) is 0 Å². The topological polar surface area (TPSA) is 102 Å². The van der Waals surface area contributed by atoms with Crippen LogP contribution in [0.4, 0.5) is 4.79 Å². The van der Waals surface area contributed by atoms with Gasteiger partial charge in [-0.25, -0.2) is 19.4 Å². The quantitative estimate of drug-likeness (QED) is 0.863. The predicted molar refractivity (Wildman–Crippen MR) is 91.4 cm³/mol. The van der Waals surface area contributed by atoms with Gasteiger partial charge in [0.05, 0.1) is 29.9 Å². The Morgan fingerprint density at radius 1 is 1.25 bits per heavy atom. The molecule has 3 heterocycles. The number of urea groups is 1. The van der Waals surface area contributed by atoms with Gasteiger partial charge in [0.2, 0.25) is 0 Å². The monoisotopic (exact) mass is 331 g/mol. The number of rotatable bonds is 5. The van der Waals surface area contributed by atoms with Gasteiger partial charge in [-0.1, -0.05) is 12.8 Å². The predicted octanol–water partition coefficient (Wildman–Crippen LogP) is 1.43. The molecule has 3 rings (SSSR count). The molecule has 3 N–H and O–H groups in total. The number of likely N-dealkylation sites (tertiary alicyclic amines) is 1. The summed E-state index contributed by atoms with van der Waals surface area (Å²) in [5.74, 6) is 0. The van der Waals surface area contributed by atoms with E-state index >= 15 is 0 Å². The van der Waals surface area contributed by atoms with E-state index in [9.17, 15) is 4.79 Å². The van der Waals surface area contributed by atoms with Crippen LogP contribution < -0.4 is 11.1 Å². The van der Waals surface area contributed by atoms with E-state index in [4.69, 9.17) is 5.73 Å². The van der Waals surface area contributed by atoms with Gasteiger partial charge in [0.1, 0.15) is 6.33 Å². The molecular formula is C16H25N7O. The minimum Gasteiger partial charge on any atom is -0.352 e. The Morgan fingerprint density at radius 2 is 2.00 bits per heavy atom. The van der Waals surface area contributed by atoms with Crippen molar-refractivity contribution in [1.82, 2.24) is 30.0 Å². The van der Waals surface area contributed by atoms with Crippen molar-refractivity contribution < 1.29 is 4.79 Å². The van der Waals surface area contributed by atoms with E-state index in [0.717, 1.165) is 29.8 Å². The summed E-state index contributed by atoms with van der Waals surface area (Å²) in [5.41, 5.74) is 6.74. The Labute approximate surface area is 141 Å². The van der Waals surface area contributed by atoms with Gasteiger partial charge in [-0.3, -0.25) is 0 Å². The zero-order valence-corrected chi connectivity index (χ0v) is 14.1. The van der Waals surface area contributed by atoms with E-state index in [2.05, 4.69) is 25.3 Å². The smallest absolute Gasteiger partial charge is 0.312 e. The van der Waals surface area contributed by atoms with Crippen LogP contribution in [0.3, 0.4) is 0 Å². The summed E-state index contributed by atoms with van der Waals surface area (Å²) in [7, 11) is 0. The molecule has 2 aromatic rings. The number of primary amides is 1. The minimum atomic E-state index is -0.567. The molecule has 2 amide bonds. The van der Waals surface area contributed by atoms with E-state index < -0.39 is 6.03 Å². The van der Waals surface area contributed by atoms with Gasteiger partial charge in [-0.05, 0) is 32.9 Å². The lowest BCUT2D eigenvalue weighted by Crippen LogP contribution is -2.32. The van der Waals surface area contributed by atoms with Gasteiger partial charge in [-0.2, -0.15) is 5.10 Å². The Kier molecular flexibility index (Phi) is 5.24. The number of hydrogen-bond acceptors (Lipinski definition) is 5. The standard InChI is InChI=1S/C16H25N7O/c1-12(21-16(17)24)14-13-10-20-23(15(13)19-11-18-14)9-8-22-6-4-2-3-5-7-22/h10-12H,2-9H2,1H3,(H3,17,21,24). The molecule has 0 aliphatic carbocycles. The van der Waals surface area contributed by atoms with Crippen molar-refractivity contribution in [3.8, 4) is 0 Å². The van der Waals surface area contributed by atoms with E-state index in [0.29, 0.717) is 0 Å². The van der Waals surface area contributed by atoms with Crippen LogP contribution in [0.25, 0.3) is 11.0 Å². The SMILES string of the molecule is CC(NC(N)=O)c1ncnc2c1cnn2CCN1CCCCCC1. The molecule has 1 aliphatic rings. The van der Waals surface area contributed by atoms with Gasteiger partial charge >= 0.3 is 6.03 Å². The number of carbonyl (C=O) groups is 1. The molecule has 1 saturated heterocycles. The van der Waals surface area contributed by atoms with Crippen molar-refractivity contribution in [2.45, 2.75) is 45.2 Å². The highest BCUT2D eigenvalue weighted by atomic mass is 16.2. The van der Waals surface area contributed by atoms with Gasteiger partial charge < -0.3 is 16.0 Å². The van der Waals surface area contributed by atoms with Crippen molar-refractivity contribution in [2.75, 3.05) is 19.6 Å². The fourth-order valence-corrected chi connectivity index (χ4v) is 3.30. The van der Waals surface area contributed by atoms with Crippen LogP contribution in [-0.2, 0) is 6.54 Å². The van der Waals surface area contributed by atoms with Crippen molar-refractivity contribution in [1.29, 1.82) is 0 Å². The Balaban J connectivity index is 1.74. The number of fused-ring (bicyclic) bond motifs is 1. The number of nitrogens with two attached hydrogens (primary N) is 1. The van der Waals surface area contributed by atoms with Crippen LogP contribution in [0.1, 0.15) is 44.3 Å². The van der Waals surface area contributed by atoms with Crippen LogP contribution in [0, 0.1) is 0 Å². The minimum absolute atomic E-state index is 0.281. The highest BCUT2D eigenvalue weighted by Crippen LogP contribution is 2.20. The number of hydrogen-bond donors (Lipinski definition) is 2. The summed E-state index contributed by atoms with van der Waals surface area (Å²) < 4.78 is 1.92. The summed E-state index contributed by atoms with van der Waals surface area (Å²) in [5, 5.41) is 7.98. The Morgan fingerprint density at radius 3 is 2.71 bits per heavy atom. The third-order valence-electron chi connectivity index (χ3n) is 4.56. The first kappa shape index (κ1) is 16.6. The normalized spacial score (nSPS) is 17.5. The molecule has 1 atom stereocenters. The molecule has 0 spiro atoms. The van der Waals surface area contributed by atoms with E-state index in [1.165, 1.54) is 45.1 Å². The third-order valence-corrected chi connectivity index (χ3v) is 4.56. The molecular weight excluding hydrogens is 306 g/mol. The maximum absolute atomic E-state index is 11.1. The second-order valence-electron chi connectivity index (χ2n) is 6.35. The molecule has 2 aromatic heterocycles. The zero-order chi connectivity index (χ0) is 16.9. The fourth-order valence-electron chi connectivity index (χ4n) is 3.30. The summed E-state index contributed by atoms with van der Waals surface area (Å²) in [6.07, 6.45) is 8.52. The highest BCUT2D eigenvalue weighted by Gasteiger charge is 2.16. The number of carbonyl (C=O) groups excluding carboxylic acids is 1. The molecule has 1 fully saturated rings. The van der Waals surface area contributed by atoms with E-state index in [-0.39, 0.29) is 6.04 Å². The van der Waals surface area contributed by atoms with Gasteiger partial charge in [0, 0.05) is 6.54 Å². The van der Waals surface area contributed by atoms with Crippen LogP contribution in [0.5, 0.6) is 0 Å². The fraction of sp³-hybridized carbons (Fsp3) is 0.625. The molecule has 24 heavy (non-hydrogen) atoms. The largest absolute Gasteiger partial charge is 0.352 e. The molecule has 0 bridgehead atoms. The number of nitrogens with zero attached hydrogens (tertiary/aromatic N) is 5. The average molecular weight is 331 g/mol. The van der Waals surface area contributed by atoms with Gasteiger partial charge in [-0.15, -0.1) is 0 Å². The lowest BCUT2D eigenvalue weighted by Gasteiger charge is -2.19. The lowest BCUT2D eigenvalue weighted by molar-refractivity contribution is 0.246. The van der Waals surface area contributed by atoms with Crippen LogP contribution >= 0.6 is 0 Å². The lowest BCUT2D eigenvalue weighted by atomic mass is 10.2. The van der Waals surface area contributed by atoms with E-state index in [1.807, 2.05) is 11.6 Å². The molecule has 1 unspecified atom stereocenters. The second kappa shape index (κ2) is 7.57. The number of aromatic nitrogens is 4. The van der Waals surface area contributed by atoms with Crippen molar-refractivity contribution >= 4 is 17.1 Å². The summed E-state index contributed by atoms with van der Waals surface area (Å²) in [4.78, 5) is 22.2. The van der Waals surface area contributed by atoms with E-state index in [1.54, 1.807) is 6.20 Å². The first-order valence-corrected chi connectivity index (χ1v) is 8.60.